The van der Waals surface area contributed by atoms with Crippen LogP contribution in [0.4, 0.5) is 0 Å². The average molecular weight is 263 g/mol. The van der Waals surface area contributed by atoms with E-state index in [0.717, 1.165) is 12.1 Å². The van der Waals surface area contributed by atoms with Gasteiger partial charge in [0, 0.05) is 17.5 Å². The molecule has 1 aromatic carbocycles. The first-order valence-electron chi connectivity index (χ1n) is 5.83. The SMILES string of the molecule is COc1ccc(CN[C@H](C)c2cccs2)cc1O. The third kappa shape index (κ3) is 3.03. The van der Waals surface area contributed by atoms with Crippen molar-refractivity contribution < 1.29 is 9.84 Å². The molecule has 0 aliphatic rings. The van der Waals surface area contributed by atoms with Gasteiger partial charge in [-0.2, -0.15) is 0 Å². The second-order valence-electron chi connectivity index (χ2n) is 4.12. The van der Waals surface area contributed by atoms with Gasteiger partial charge in [-0.05, 0) is 36.1 Å². The molecule has 2 aromatic rings. The fourth-order valence-corrected chi connectivity index (χ4v) is 2.51. The van der Waals surface area contributed by atoms with Crippen LogP contribution >= 0.6 is 11.3 Å². The van der Waals surface area contributed by atoms with E-state index in [1.165, 1.54) is 4.88 Å². The first-order chi connectivity index (χ1) is 8.70. The minimum Gasteiger partial charge on any atom is -0.504 e. The number of phenolic OH excluding ortho intramolecular Hbond substituents is 1. The fourth-order valence-electron chi connectivity index (χ4n) is 1.75. The molecule has 1 atom stereocenters. The lowest BCUT2D eigenvalue weighted by atomic mass is 10.2. The van der Waals surface area contributed by atoms with Crippen molar-refractivity contribution >= 4 is 11.3 Å². The first-order valence-corrected chi connectivity index (χ1v) is 6.71. The molecule has 0 aliphatic heterocycles. The maximum atomic E-state index is 9.69. The molecular weight excluding hydrogens is 246 g/mol. The number of aromatic hydroxyl groups is 1. The zero-order valence-corrected chi connectivity index (χ0v) is 11.3. The molecular formula is C14H17NO2S. The summed E-state index contributed by atoms with van der Waals surface area (Å²) in [5.41, 5.74) is 1.04. The molecule has 2 rings (SSSR count). The zero-order valence-electron chi connectivity index (χ0n) is 10.5. The van der Waals surface area contributed by atoms with Crippen molar-refractivity contribution in [3.05, 3.63) is 46.2 Å². The van der Waals surface area contributed by atoms with E-state index in [1.807, 2.05) is 6.07 Å². The Morgan fingerprint density at radius 3 is 2.83 bits per heavy atom. The second kappa shape index (κ2) is 5.89. The standard InChI is InChI=1S/C14H17NO2S/c1-10(14-4-3-7-18-14)15-9-11-5-6-13(17-2)12(16)8-11/h3-8,10,15-16H,9H2,1-2H3/t10-/m1/s1. The molecule has 1 aromatic heterocycles. The van der Waals surface area contributed by atoms with Gasteiger partial charge in [-0.25, -0.2) is 0 Å². The van der Waals surface area contributed by atoms with Crippen LogP contribution in [0.1, 0.15) is 23.4 Å². The normalized spacial score (nSPS) is 12.3. The van der Waals surface area contributed by atoms with E-state index < -0.39 is 0 Å². The van der Waals surface area contributed by atoms with Crippen LogP contribution in [0, 0.1) is 0 Å². The number of thiophene rings is 1. The number of methoxy groups -OCH3 is 1. The van der Waals surface area contributed by atoms with Crippen LogP contribution in [0.25, 0.3) is 0 Å². The van der Waals surface area contributed by atoms with Gasteiger partial charge in [0.1, 0.15) is 0 Å². The summed E-state index contributed by atoms with van der Waals surface area (Å²) >= 11 is 1.74. The summed E-state index contributed by atoms with van der Waals surface area (Å²) in [6.45, 7) is 2.85. The van der Waals surface area contributed by atoms with Crippen LogP contribution in [-0.2, 0) is 6.54 Å². The van der Waals surface area contributed by atoms with E-state index in [9.17, 15) is 5.11 Å². The molecule has 0 fully saturated rings. The lowest BCUT2D eigenvalue weighted by Gasteiger charge is -2.12. The van der Waals surface area contributed by atoms with Gasteiger partial charge in [-0.1, -0.05) is 12.1 Å². The van der Waals surface area contributed by atoms with Crippen molar-refractivity contribution in [2.75, 3.05) is 7.11 Å². The van der Waals surface area contributed by atoms with Gasteiger partial charge in [0.05, 0.1) is 7.11 Å². The molecule has 0 bridgehead atoms. The van der Waals surface area contributed by atoms with Crippen LogP contribution in [0.15, 0.2) is 35.7 Å². The highest BCUT2D eigenvalue weighted by molar-refractivity contribution is 7.10. The number of hydrogen-bond acceptors (Lipinski definition) is 4. The second-order valence-corrected chi connectivity index (χ2v) is 5.10. The maximum absolute atomic E-state index is 9.69. The van der Waals surface area contributed by atoms with Crippen LogP contribution in [0.3, 0.4) is 0 Å². The predicted octanol–water partition coefficient (Wildman–Crippen LogP) is 3.31. The molecule has 0 spiro atoms. The number of nitrogens with one attached hydrogen (secondary N) is 1. The van der Waals surface area contributed by atoms with Gasteiger partial charge >= 0.3 is 0 Å². The molecule has 1 heterocycles. The van der Waals surface area contributed by atoms with E-state index >= 15 is 0 Å². The summed E-state index contributed by atoms with van der Waals surface area (Å²) in [6, 6.07) is 9.95. The molecule has 4 heteroatoms. The molecule has 0 radical (unpaired) electrons. The van der Waals surface area contributed by atoms with Crippen LogP contribution in [0.2, 0.25) is 0 Å². The van der Waals surface area contributed by atoms with Crippen molar-refractivity contribution in [1.29, 1.82) is 0 Å². The Morgan fingerprint density at radius 1 is 1.39 bits per heavy atom. The van der Waals surface area contributed by atoms with Crippen LogP contribution in [0.5, 0.6) is 11.5 Å². The number of rotatable bonds is 5. The molecule has 18 heavy (non-hydrogen) atoms. The number of ether oxygens (including phenoxy) is 1. The average Bonchev–Trinajstić information content (AvgIpc) is 2.90. The highest BCUT2D eigenvalue weighted by atomic mass is 32.1. The van der Waals surface area contributed by atoms with Gasteiger partial charge in [-0.15, -0.1) is 11.3 Å². The minimum atomic E-state index is 0.181. The predicted molar refractivity (Wildman–Crippen MR) is 74.2 cm³/mol. The summed E-state index contributed by atoms with van der Waals surface area (Å²) < 4.78 is 5.02. The molecule has 3 nitrogen and oxygen atoms in total. The minimum absolute atomic E-state index is 0.181. The van der Waals surface area contributed by atoms with Crippen LogP contribution in [-0.4, -0.2) is 12.2 Å². The molecule has 2 N–H and O–H groups in total. The van der Waals surface area contributed by atoms with Crippen molar-refractivity contribution in [1.82, 2.24) is 5.32 Å². The highest BCUT2D eigenvalue weighted by Crippen LogP contribution is 2.26. The highest BCUT2D eigenvalue weighted by Gasteiger charge is 2.07. The fraction of sp³-hybridized carbons (Fsp3) is 0.286. The van der Waals surface area contributed by atoms with Gasteiger partial charge in [-0.3, -0.25) is 0 Å². The van der Waals surface area contributed by atoms with Crippen molar-refractivity contribution in [2.24, 2.45) is 0 Å². The Morgan fingerprint density at radius 2 is 2.22 bits per heavy atom. The van der Waals surface area contributed by atoms with Gasteiger partial charge in [0.25, 0.3) is 0 Å². The van der Waals surface area contributed by atoms with Gasteiger partial charge in [0.15, 0.2) is 11.5 Å². The third-order valence-electron chi connectivity index (χ3n) is 2.83. The van der Waals surface area contributed by atoms with E-state index in [2.05, 4.69) is 29.8 Å². The largest absolute Gasteiger partial charge is 0.504 e. The summed E-state index contributed by atoms with van der Waals surface area (Å²) in [7, 11) is 1.55. The monoisotopic (exact) mass is 263 g/mol. The Bertz CT molecular complexity index is 497. The topological polar surface area (TPSA) is 41.5 Å². The van der Waals surface area contributed by atoms with Crippen LogP contribution < -0.4 is 10.1 Å². The Hall–Kier alpha value is -1.52. The quantitative estimate of drug-likeness (QED) is 0.869. The van der Waals surface area contributed by atoms with E-state index in [0.29, 0.717) is 11.8 Å². The lowest BCUT2D eigenvalue weighted by molar-refractivity contribution is 0.373. The Balaban J connectivity index is 1.96. The lowest BCUT2D eigenvalue weighted by Crippen LogP contribution is -2.17. The molecule has 0 aliphatic carbocycles. The van der Waals surface area contributed by atoms with Gasteiger partial charge in [0.2, 0.25) is 0 Å². The molecule has 0 saturated heterocycles. The van der Waals surface area contributed by atoms with Crippen molar-refractivity contribution in [2.45, 2.75) is 19.5 Å². The number of hydrogen-bond donors (Lipinski definition) is 2. The van der Waals surface area contributed by atoms with Crippen molar-refractivity contribution in [3.8, 4) is 11.5 Å². The molecule has 96 valence electrons. The maximum Gasteiger partial charge on any atom is 0.160 e. The number of phenols is 1. The van der Waals surface area contributed by atoms with E-state index in [-0.39, 0.29) is 5.75 Å². The molecule has 0 unspecified atom stereocenters. The Kier molecular flexibility index (Phi) is 4.23. The van der Waals surface area contributed by atoms with E-state index in [1.54, 1.807) is 30.6 Å². The summed E-state index contributed by atoms with van der Waals surface area (Å²) in [4.78, 5) is 1.31. The Labute approximate surface area is 111 Å². The van der Waals surface area contributed by atoms with E-state index in [4.69, 9.17) is 4.74 Å². The van der Waals surface area contributed by atoms with Gasteiger partial charge < -0.3 is 15.2 Å². The first kappa shape index (κ1) is 12.9. The molecule has 0 saturated carbocycles. The molecule has 0 amide bonds. The third-order valence-corrected chi connectivity index (χ3v) is 3.88. The summed E-state index contributed by atoms with van der Waals surface area (Å²) in [5, 5.41) is 15.2. The zero-order chi connectivity index (χ0) is 13.0. The summed E-state index contributed by atoms with van der Waals surface area (Å²) in [6.07, 6.45) is 0. The summed E-state index contributed by atoms with van der Waals surface area (Å²) in [5.74, 6) is 0.686. The number of benzene rings is 1. The smallest absolute Gasteiger partial charge is 0.160 e. The van der Waals surface area contributed by atoms with Crippen molar-refractivity contribution in [3.63, 3.8) is 0 Å².